The van der Waals surface area contributed by atoms with Crippen molar-refractivity contribution in [3.8, 4) is 12.3 Å². The minimum absolute atomic E-state index is 0.0746. The van der Waals surface area contributed by atoms with Gasteiger partial charge in [0.15, 0.2) is 5.13 Å². The second-order valence-electron chi connectivity index (χ2n) is 3.26. The number of fused-ring (bicyclic) bond motifs is 1. The van der Waals surface area contributed by atoms with Crippen molar-refractivity contribution in [3.05, 3.63) is 24.3 Å². The molecule has 2 aromatic rings. The van der Waals surface area contributed by atoms with E-state index in [9.17, 15) is 0 Å². The third-order valence-electron chi connectivity index (χ3n) is 2.20. The summed E-state index contributed by atoms with van der Waals surface area (Å²) in [6, 6.07) is 8.15. The molecule has 2 rings (SSSR count). The van der Waals surface area contributed by atoms with Crippen LogP contribution >= 0.6 is 11.3 Å². The van der Waals surface area contributed by atoms with Crippen LogP contribution < -0.4 is 5.32 Å². The molecule has 1 aromatic heterocycles. The Morgan fingerprint density at radius 3 is 3.00 bits per heavy atom. The van der Waals surface area contributed by atoms with Gasteiger partial charge in [-0.3, -0.25) is 0 Å². The Bertz CT molecular complexity index is 463. The molecule has 1 heterocycles. The number of terminal acetylenes is 1. The highest BCUT2D eigenvalue weighted by molar-refractivity contribution is 7.22. The van der Waals surface area contributed by atoms with Crippen LogP contribution in [0.2, 0.25) is 0 Å². The summed E-state index contributed by atoms with van der Waals surface area (Å²) in [4.78, 5) is 4.46. The van der Waals surface area contributed by atoms with Gasteiger partial charge in [0, 0.05) is 0 Å². The maximum absolute atomic E-state index is 5.39. The zero-order valence-electron chi connectivity index (χ0n) is 8.53. The van der Waals surface area contributed by atoms with Crippen LogP contribution in [0.15, 0.2) is 24.3 Å². The third kappa shape index (κ3) is 2.11. The molecule has 0 fully saturated rings. The number of para-hydroxylation sites is 1. The topological polar surface area (TPSA) is 24.9 Å². The number of nitrogens with zero attached hydrogens (tertiary/aromatic N) is 1. The lowest BCUT2D eigenvalue weighted by atomic mass is 10.2. The Labute approximate surface area is 93.3 Å². The minimum atomic E-state index is 0.0746. The van der Waals surface area contributed by atoms with Gasteiger partial charge < -0.3 is 5.32 Å². The van der Waals surface area contributed by atoms with Crippen molar-refractivity contribution in [2.45, 2.75) is 19.4 Å². The molecule has 0 aliphatic rings. The van der Waals surface area contributed by atoms with E-state index in [2.05, 4.69) is 29.2 Å². The molecule has 0 amide bonds. The van der Waals surface area contributed by atoms with Crippen LogP contribution in [0.5, 0.6) is 0 Å². The first-order valence-electron chi connectivity index (χ1n) is 4.91. The number of nitrogens with one attached hydrogen (secondary N) is 1. The number of rotatable bonds is 3. The molecule has 0 saturated heterocycles. The van der Waals surface area contributed by atoms with Gasteiger partial charge in [-0.05, 0) is 18.6 Å². The quantitative estimate of drug-likeness (QED) is 0.797. The summed E-state index contributed by atoms with van der Waals surface area (Å²) in [7, 11) is 0. The second kappa shape index (κ2) is 4.33. The van der Waals surface area contributed by atoms with E-state index in [4.69, 9.17) is 6.42 Å². The van der Waals surface area contributed by atoms with Crippen molar-refractivity contribution in [1.29, 1.82) is 0 Å². The van der Waals surface area contributed by atoms with E-state index < -0.39 is 0 Å². The van der Waals surface area contributed by atoms with Crippen LogP contribution in [0.25, 0.3) is 10.2 Å². The number of aromatic nitrogens is 1. The molecule has 1 N–H and O–H groups in total. The Morgan fingerprint density at radius 2 is 2.33 bits per heavy atom. The van der Waals surface area contributed by atoms with Crippen LogP contribution in [0.1, 0.15) is 13.3 Å². The van der Waals surface area contributed by atoms with Gasteiger partial charge in [-0.2, -0.15) is 0 Å². The Morgan fingerprint density at radius 1 is 1.53 bits per heavy atom. The highest BCUT2D eigenvalue weighted by atomic mass is 32.1. The number of hydrogen-bond donors (Lipinski definition) is 1. The van der Waals surface area contributed by atoms with Gasteiger partial charge in [0.25, 0.3) is 0 Å². The Kier molecular flexibility index (Phi) is 2.89. The summed E-state index contributed by atoms with van der Waals surface area (Å²) in [6.45, 7) is 2.06. The van der Waals surface area contributed by atoms with Crippen molar-refractivity contribution in [1.82, 2.24) is 4.98 Å². The van der Waals surface area contributed by atoms with Crippen molar-refractivity contribution in [3.63, 3.8) is 0 Å². The lowest BCUT2D eigenvalue weighted by molar-refractivity contribution is 0.856. The lowest BCUT2D eigenvalue weighted by Gasteiger charge is -2.07. The molecule has 2 nitrogen and oxygen atoms in total. The van der Waals surface area contributed by atoms with Crippen molar-refractivity contribution in [2.24, 2.45) is 0 Å². The fraction of sp³-hybridized carbons (Fsp3) is 0.250. The summed E-state index contributed by atoms with van der Waals surface area (Å²) < 4.78 is 1.19. The zero-order chi connectivity index (χ0) is 10.7. The fourth-order valence-corrected chi connectivity index (χ4v) is 2.26. The first-order chi connectivity index (χ1) is 7.33. The summed E-state index contributed by atoms with van der Waals surface area (Å²) >= 11 is 1.64. The number of benzene rings is 1. The van der Waals surface area contributed by atoms with E-state index in [1.54, 1.807) is 11.3 Å². The highest BCUT2D eigenvalue weighted by Gasteiger charge is 2.06. The van der Waals surface area contributed by atoms with Crippen LogP contribution in [-0.4, -0.2) is 11.0 Å². The molecular weight excluding hydrogens is 204 g/mol. The van der Waals surface area contributed by atoms with Gasteiger partial charge in [-0.1, -0.05) is 36.3 Å². The molecular formula is C12H12N2S. The molecule has 1 atom stereocenters. The zero-order valence-corrected chi connectivity index (χ0v) is 9.34. The van der Waals surface area contributed by atoms with Crippen LogP contribution in [0.3, 0.4) is 0 Å². The van der Waals surface area contributed by atoms with Crippen molar-refractivity contribution in [2.75, 3.05) is 5.32 Å². The van der Waals surface area contributed by atoms with E-state index in [1.165, 1.54) is 4.70 Å². The van der Waals surface area contributed by atoms with Crippen molar-refractivity contribution < 1.29 is 0 Å². The lowest BCUT2D eigenvalue weighted by Crippen LogP contribution is -2.15. The molecule has 0 spiro atoms. The molecule has 1 aromatic carbocycles. The van der Waals surface area contributed by atoms with Gasteiger partial charge in [-0.15, -0.1) is 6.42 Å². The Hall–Kier alpha value is -1.53. The molecule has 1 unspecified atom stereocenters. The van der Waals surface area contributed by atoms with E-state index >= 15 is 0 Å². The van der Waals surface area contributed by atoms with Crippen LogP contribution in [0, 0.1) is 12.3 Å². The maximum atomic E-state index is 5.39. The average Bonchev–Trinajstić information content (AvgIpc) is 2.68. The van der Waals surface area contributed by atoms with Gasteiger partial charge in [0.05, 0.1) is 16.3 Å². The molecule has 76 valence electrons. The Balaban J connectivity index is 2.26. The van der Waals surface area contributed by atoms with Crippen LogP contribution in [0.4, 0.5) is 5.13 Å². The highest BCUT2D eigenvalue weighted by Crippen LogP contribution is 2.25. The summed E-state index contributed by atoms with van der Waals surface area (Å²) in [5.41, 5.74) is 1.02. The summed E-state index contributed by atoms with van der Waals surface area (Å²) in [6.07, 6.45) is 6.30. The smallest absolute Gasteiger partial charge is 0.184 e. The fourth-order valence-electron chi connectivity index (χ4n) is 1.34. The van der Waals surface area contributed by atoms with Gasteiger partial charge in [0.2, 0.25) is 0 Å². The molecule has 0 aliphatic heterocycles. The molecule has 0 bridgehead atoms. The molecule has 0 aliphatic carbocycles. The third-order valence-corrected chi connectivity index (χ3v) is 3.17. The average molecular weight is 216 g/mol. The van der Waals surface area contributed by atoms with E-state index in [1.807, 2.05) is 18.2 Å². The van der Waals surface area contributed by atoms with E-state index in [0.717, 1.165) is 17.1 Å². The summed E-state index contributed by atoms with van der Waals surface area (Å²) in [5.74, 6) is 2.70. The normalized spacial score (nSPS) is 12.3. The number of thiazole rings is 1. The standard InChI is InChI=1S/C12H12N2S/c1-3-9(4-2)13-12-14-10-7-5-6-8-11(10)15-12/h1,5-9H,4H2,2H3,(H,13,14). The van der Waals surface area contributed by atoms with Gasteiger partial charge in [-0.25, -0.2) is 4.98 Å². The molecule has 15 heavy (non-hydrogen) atoms. The van der Waals surface area contributed by atoms with Gasteiger partial charge >= 0.3 is 0 Å². The molecule has 3 heteroatoms. The van der Waals surface area contributed by atoms with E-state index in [-0.39, 0.29) is 6.04 Å². The molecule has 0 radical (unpaired) electrons. The minimum Gasteiger partial charge on any atom is -0.348 e. The van der Waals surface area contributed by atoms with Crippen molar-refractivity contribution >= 4 is 26.7 Å². The maximum Gasteiger partial charge on any atom is 0.184 e. The first-order valence-corrected chi connectivity index (χ1v) is 5.73. The molecule has 0 saturated carbocycles. The predicted octanol–water partition coefficient (Wildman–Crippen LogP) is 3.12. The number of hydrogen-bond acceptors (Lipinski definition) is 3. The predicted molar refractivity (Wildman–Crippen MR) is 66.2 cm³/mol. The van der Waals surface area contributed by atoms with E-state index in [0.29, 0.717) is 0 Å². The first kappa shape index (κ1) is 10.0. The second-order valence-corrected chi connectivity index (χ2v) is 4.29. The monoisotopic (exact) mass is 216 g/mol. The SMILES string of the molecule is C#CC(CC)Nc1nc2ccccc2s1. The van der Waals surface area contributed by atoms with Gasteiger partial charge in [0.1, 0.15) is 0 Å². The number of anilines is 1. The summed E-state index contributed by atoms with van der Waals surface area (Å²) in [5, 5.41) is 4.14. The van der Waals surface area contributed by atoms with Crippen LogP contribution in [-0.2, 0) is 0 Å². The largest absolute Gasteiger partial charge is 0.348 e.